The number of nitrogens with one attached hydrogen (secondary N) is 1. The van der Waals surface area contributed by atoms with Crippen molar-refractivity contribution in [2.75, 3.05) is 13.2 Å². The van der Waals surface area contributed by atoms with E-state index in [1.54, 1.807) is 11.3 Å². The van der Waals surface area contributed by atoms with Crippen LogP contribution in [-0.2, 0) is 16.0 Å². The second-order valence-electron chi connectivity index (χ2n) is 7.96. The molecule has 2 aromatic rings. The number of ether oxygens (including phenoxy) is 1. The third-order valence-corrected chi connectivity index (χ3v) is 7.70. The fourth-order valence-corrected chi connectivity index (χ4v) is 5.82. The largest absolute Gasteiger partial charge is 0.376 e. The molecule has 2 aromatic heterocycles. The van der Waals surface area contributed by atoms with Crippen LogP contribution < -0.4 is 5.32 Å². The third kappa shape index (κ3) is 5.41. The molecule has 1 saturated carbocycles. The maximum absolute atomic E-state index is 12.6. The number of carbonyl (C=O) groups is 1. The Morgan fingerprint density at radius 1 is 1.31 bits per heavy atom. The summed E-state index contributed by atoms with van der Waals surface area (Å²) >= 11 is 3.28. The Hall–Kier alpha value is -1.38. The summed E-state index contributed by atoms with van der Waals surface area (Å²) in [5.74, 6) is 1.07. The van der Waals surface area contributed by atoms with E-state index in [1.807, 2.05) is 6.92 Å². The van der Waals surface area contributed by atoms with Crippen LogP contribution in [0.15, 0.2) is 22.7 Å². The molecule has 29 heavy (non-hydrogen) atoms. The first kappa shape index (κ1) is 20.9. The lowest BCUT2D eigenvalue weighted by atomic mass is 9.95. The first-order chi connectivity index (χ1) is 14.2. The van der Waals surface area contributed by atoms with Crippen molar-refractivity contribution >= 4 is 29.0 Å². The van der Waals surface area contributed by atoms with Crippen molar-refractivity contribution in [3.8, 4) is 0 Å². The molecule has 8 heteroatoms. The van der Waals surface area contributed by atoms with E-state index < -0.39 is 0 Å². The first-order valence-corrected chi connectivity index (χ1v) is 12.5. The second-order valence-corrected chi connectivity index (χ2v) is 10.3. The maximum atomic E-state index is 12.6. The molecule has 2 atom stereocenters. The van der Waals surface area contributed by atoms with Crippen LogP contribution in [0.25, 0.3) is 0 Å². The van der Waals surface area contributed by atoms with Crippen LogP contribution in [0.4, 0.5) is 0 Å². The van der Waals surface area contributed by atoms with Crippen molar-refractivity contribution in [3.63, 3.8) is 0 Å². The van der Waals surface area contributed by atoms with Gasteiger partial charge in [-0.15, -0.1) is 21.5 Å². The Labute approximate surface area is 180 Å². The normalized spacial score (nSPS) is 21.3. The number of hydrogen-bond acceptors (Lipinski definition) is 6. The van der Waals surface area contributed by atoms with Gasteiger partial charge in [-0.05, 0) is 44.1 Å². The minimum absolute atomic E-state index is 0.0449. The lowest BCUT2D eigenvalue weighted by Crippen LogP contribution is -2.36. The zero-order chi connectivity index (χ0) is 20.1. The van der Waals surface area contributed by atoms with Crippen LogP contribution in [0.3, 0.4) is 0 Å². The molecule has 1 aliphatic carbocycles. The van der Waals surface area contributed by atoms with Gasteiger partial charge in [0.25, 0.3) is 0 Å². The van der Waals surface area contributed by atoms with Gasteiger partial charge in [-0.25, -0.2) is 0 Å². The molecule has 1 aliphatic heterocycles. The number of nitrogens with zero attached hydrogens (tertiary/aromatic N) is 3. The molecule has 2 fully saturated rings. The summed E-state index contributed by atoms with van der Waals surface area (Å²) in [5, 5.41) is 14.9. The predicted octanol–water partition coefficient (Wildman–Crippen LogP) is 4.21. The summed E-state index contributed by atoms with van der Waals surface area (Å²) in [6.07, 6.45) is 9.24. The smallest absolute Gasteiger partial charge is 0.233 e. The van der Waals surface area contributed by atoms with Crippen molar-refractivity contribution in [1.29, 1.82) is 0 Å². The van der Waals surface area contributed by atoms with Crippen molar-refractivity contribution < 1.29 is 9.53 Å². The summed E-state index contributed by atoms with van der Waals surface area (Å²) in [4.78, 5) is 13.9. The van der Waals surface area contributed by atoms with E-state index in [0.717, 1.165) is 36.9 Å². The molecule has 0 radical (unpaired) electrons. The van der Waals surface area contributed by atoms with E-state index in [2.05, 4.69) is 37.6 Å². The quantitative estimate of drug-likeness (QED) is 0.630. The fraction of sp³-hybridized carbons (Fsp3) is 0.667. The average Bonchev–Trinajstić information content (AvgIpc) is 3.50. The lowest BCUT2D eigenvalue weighted by molar-refractivity contribution is -0.120. The van der Waals surface area contributed by atoms with Gasteiger partial charge >= 0.3 is 0 Å². The number of thioether (sulfide) groups is 1. The maximum Gasteiger partial charge on any atom is 0.233 e. The van der Waals surface area contributed by atoms with Gasteiger partial charge in [-0.3, -0.25) is 4.79 Å². The highest BCUT2D eigenvalue weighted by Crippen LogP contribution is 2.34. The number of thiophene rings is 1. The highest BCUT2D eigenvalue weighted by Gasteiger charge is 2.26. The average molecular weight is 435 g/mol. The zero-order valence-corrected chi connectivity index (χ0v) is 18.6. The molecule has 0 bridgehead atoms. The van der Waals surface area contributed by atoms with E-state index in [-0.39, 0.29) is 17.3 Å². The monoisotopic (exact) mass is 434 g/mol. The minimum atomic E-state index is -0.211. The van der Waals surface area contributed by atoms with Gasteiger partial charge in [-0.1, -0.05) is 37.1 Å². The zero-order valence-electron chi connectivity index (χ0n) is 17.0. The Kier molecular flexibility index (Phi) is 7.26. The number of rotatable bonds is 8. The number of amides is 1. The molecule has 1 N–H and O–H groups in total. The molecule has 3 heterocycles. The van der Waals surface area contributed by atoms with Crippen molar-refractivity contribution in [1.82, 2.24) is 20.1 Å². The SMILES string of the molecule is CC(Sc1nnc(Cc2cccs2)n1C1CCCCC1)C(=O)NCC1CCCO1. The van der Waals surface area contributed by atoms with Gasteiger partial charge in [0.15, 0.2) is 5.16 Å². The molecule has 4 rings (SSSR count). The molecule has 6 nitrogen and oxygen atoms in total. The van der Waals surface area contributed by atoms with Crippen molar-refractivity contribution in [2.45, 2.75) is 80.8 Å². The van der Waals surface area contributed by atoms with E-state index >= 15 is 0 Å². The van der Waals surface area contributed by atoms with E-state index in [4.69, 9.17) is 4.74 Å². The van der Waals surface area contributed by atoms with Crippen LogP contribution in [0, 0.1) is 0 Å². The molecular formula is C21H30N4O2S2. The summed E-state index contributed by atoms with van der Waals surface area (Å²) in [5.41, 5.74) is 0. The number of carbonyl (C=O) groups excluding carboxylic acids is 1. The Bertz CT molecular complexity index is 781. The molecule has 0 aromatic carbocycles. The highest BCUT2D eigenvalue weighted by atomic mass is 32.2. The number of aromatic nitrogens is 3. The first-order valence-electron chi connectivity index (χ1n) is 10.7. The Balaban J connectivity index is 1.45. The summed E-state index contributed by atoms with van der Waals surface area (Å²) in [6, 6.07) is 4.68. The van der Waals surface area contributed by atoms with Gasteiger partial charge in [0.2, 0.25) is 5.91 Å². The van der Waals surface area contributed by atoms with E-state index in [1.165, 1.54) is 48.7 Å². The minimum Gasteiger partial charge on any atom is -0.376 e. The van der Waals surface area contributed by atoms with Crippen LogP contribution in [-0.4, -0.2) is 45.2 Å². The second kappa shape index (κ2) is 10.1. The van der Waals surface area contributed by atoms with Gasteiger partial charge in [-0.2, -0.15) is 0 Å². The van der Waals surface area contributed by atoms with Gasteiger partial charge in [0.1, 0.15) is 5.82 Å². The summed E-state index contributed by atoms with van der Waals surface area (Å²) in [7, 11) is 0. The lowest BCUT2D eigenvalue weighted by Gasteiger charge is -2.26. The molecule has 2 unspecified atom stereocenters. The molecule has 2 aliphatic rings. The van der Waals surface area contributed by atoms with Crippen LogP contribution >= 0.6 is 23.1 Å². The topological polar surface area (TPSA) is 69.0 Å². The van der Waals surface area contributed by atoms with Crippen LogP contribution in [0.5, 0.6) is 0 Å². The van der Waals surface area contributed by atoms with Crippen LogP contribution in [0.2, 0.25) is 0 Å². The Morgan fingerprint density at radius 2 is 2.17 bits per heavy atom. The van der Waals surface area contributed by atoms with Gasteiger partial charge < -0.3 is 14.6 Å². The van der Waals surface area contributed by atoms with Crippen molar-refractivity contribution in [2.24, 2.45) is 0 Å². The molecule has 158 valence electrons. The molecule has 0 spiro atoms. The summed E-state index contributed by atoms with van der Waals surface area (Å²) < 4.78 is 7.93. The van der Waals surface area contributed by atoms with Crippen molar-refractivity contribution in [3.05, 3.63) is 28.2 Å². The molecule has 1 saturated heterocycles. The third-order valence-electron chi connectivity index (χ3n) is 5.77. The van der Waals surface area contributed by atoms with Gasteiger partial charge in [0.05, 0.1) is 11.4 Å². The van der Waals surface area contributed by atoms with Gasteiger partial charge in [0, 0.05) is 30.5 Å². The van der Waals surface area contributed by atoms with E-state index in [9.17, 15) is 4.79 Å². The van der Waals surface area contributed by atoms with E-state index in [0.29, 0.717) is 12.6 Å². The highest BCUT2D eigenvalue weighted by molar-refractivity contribution is 8.00. The Morgan fingerprint density at radius 3 is 2.90 bits per heavy atom. The van der Waals surface area contributed by atoms with Crippen LogP contribution in [0.1, 0.15) is 68.6 Å². The molecular weight excluding hydrogens is 404 g/mol. The number of hydrogen-bond donors (Lipinski definition) is 1. The fourth-order valence-electron chi connectivity index (χ4n) is 4.16. The molecule has 1 amide bonds. The predicted molar refractivity (Wildman–Crippen MR) is 117 cm³/mol. The standard InChI is InChI=1S/C21H30N4O2S2/c1-15(20(26)22-14-17-9-5-11-27-17)29-21-24-23-19(13-18-10-6-12-28-18)25(21)16-7-3-2-4-8-16/h6,10,12,15-17H,2-5,7-9,11,13-14H2,1H3,(H,22,26). The summed E-state index contributed by atoms with van der Waals surface area (Å²) in [6.45, 7) is 3.36.